The van der Waals surface area contributed by atoms with Gasteiger partial charge in [-0.2, -0.15) is 0 Å². The normalized spacial score (nSPS) is 26.7. The van der Waals surface area contributed by atoms with Gasteiger partial charge in [-0.05, 0) is 51.4 Å². The van der Waals surface area contributed by atoms with Gasteiger partial charge >= 0.3 is 5.97 Å². The third-order valence-electron chi connectivity index (χ3n) is 4.52. The second kappa shape index (κ2) is 7.46. The zero-order chi connectivity index (χ0) is 14.4. The van der Waals surface area contributed by atoms with Crippen LogP contribution in [0.2, 0.25) is 0 Å². The Morgan fingerprint density at radius 1 is 1.20 bits per heavy atom. The summed E-state index contributed by atoms with van der Waals surface area (Å²) in [6, 6.07) is 0. The van der Waals surface area contributed by atoms with Gasteiger partial charge in [-0.3, -0.25) is 9.59 Å². The molecule has 20 heavy (non-hydrogen) atoms. The monoisotopic (exact) mass is 279 g/mol. The number of allylic oxidation sites excluding steroid dienone is 1. The molecule has 112 valence electrons. The Bertz CT molecular complexity index is 389. The molecule has 0 saturated heterocycles. The van der Waals surface area contributed by atoms with Gasteiger partial charge in [0.05, 0.1) is 5.92 Å². The van der Waals surface area contributed by atoms with E-state index in [0.29, 0.717) is 19.4 Å². The number of nitrogens with one attached hydrogen (secondary N) is 1. The maximum absolute atomic E-state index is 12.1. The van der Waals surface area contributed by atoms with Crippen molar-refractivity contribution in [3.63, 3.8) is 0 Å². The van der Waals surface area contributed by atoms with Crippen LogP contribution in [0.4, 0.5) is 0 Å². The van der Waals surface area contributed by atoms with Crippen molar-refractivity contribution in [3.05, 3.63) is 11.6 Å². The molecule has 2 N–H and O–H groups in total. The van der Waals surface area contributed by atoms with E-state index in [1.54, 1.807) is 0 Å². The number of carboxylic acid groups (broad SMARTS) is 1. The maximum Gasteiger partial charge on any atom is 0.306 e. The van der Waals surface area contributed by atoms with Crippen molar-refractivity contribution < 1.29 is 14.7 Å². The van der Waals surface area contributed by atoms with Gasteiger partial charge in [-0.25, -0.2) is 0 Å². The highest BCUT2D eigenvalue weighted by atomic mass is 16.4. The van der Waals surface area contributed by atoms with Crippen molar-refractivity contribution in [2.24, 2.45) is 11.8 Å². The molecule has 1 amide bonds. The SMILES string of the molecule is O=C(O)C1CCCC(C(=O)NCCC2=CCCCC2)C1. The van der Waals surface area contributed by atoms with E-state index < -0.39 is 5.97 Å². The van der Waals surface area contributed by atoms with Crippen LogP contribution in [0.1, 0.15) is 57.8 Å². The number of carbonyl (C=O) groups excluding carboxylic acids is 1. The molecule has 4 nitrogen and oxygen atoms in total. The van der Waals surface area contributed by atoms with E-state index in [-0.39, 0.29) is 17.7 Å². The summed E-state index contributed by atoms with van der Waals surface area (Å²) in [5, 5.41) is 12.0. The highest BCUT2D eigenvalue weighted by molar-refractivity contribution is 5.80. The molecule has 0 heterocycles. The Hall–Kier alpha value is -1.32. The van der Waals surface area contributed by atoms with Crippen molar-refractivity contribution in [2.45, 2.75) is 57.8 Å². The molecule has 1 fully saturated rings. The Labute approximate surface area is 120 Å². The predicted octanol–water partition coefficient (Wildman–Crippen LogP) is 2.88. The third-order valence-corrected chi connectivity index (χ3v) is 4.52. The molecular weight excluding hydrogens is 254 g/mol. The molecule has 0 radical (unpaired) electrons. The first-order valence-corrected chi connectivity index (χ1v) is 7.85. The molecule has 2 unspecified atom stereocenters. The van der Waals surface area contributed by atoms with E-state index in [4.69, 9.17) is 5.11 Å². The van der Waals surface area contributed by atoms with Crippen LogP contribution < -0.4 is 5.32 Å². The van der Waals surface area contributed by atoms with E-state index >= 15 is 0 Å². The van der Waals surface area contributed by atoms with Gasteiger partial charge in [-0.1, -0.05) is 18.1 Å². The molecule has 0 aromatic carbocycles. The van der Waals surface area contributed by atoms with Crippen LogP contribution in [0, 0.1) is 11.8 Å². The summed E-state index contributed by atoms with van der Waals surface area (Å²) < 4.78 is 0. The molecule has 0 aliphatic heterocycles. The molecule has 0 spiro atoms. The summed E-state index contributed by atoms with van der Waals surface area (Å²) in [5.74, 6) is -1.15. The van der Waals surface area contributed by atoms with Crippen molar-refractivity contribution in [1.82, 2.24) is 5.32 Å². The number of rotatable bonds is 5. The molecule has 2 atom stereocenters. The maximum atomic E-state index is 12.1. The average molecular weight is 279 g/mol. The van der Waals surface area contributed by atoms with Crippen LogP contribution in [0.15, 0.2) is 11.6 Å². The smallest absolute Gasteiger partial charge is 0.306 e. The lowest BCUT2D eigenvalue weighted by Crippen LogP contribution is -2.36. The van der Waals surface area contributed by atoms with Gasteiger partial charge in [0.1, 0.15) is 0 Å². The van der Waals surface area contributed by atoms with Crippen molar-refractivity contribution in [1.29, 1.82) is 0 Å². The first kappa shape index (κ1) is 15.1. The lowest BCUT2D eigenvalue weighted by Gasteiger charge is -2.25. The number of aliphatic carboxylic acids is 1. The zero-order valence-corrected chi connectivity index (χ0v) is 12.1. The standard InChI is InChI=1S/C16H25NO3/c18-15(13-7-4-8-14(11-13)16(19)20)17-10-9-12-5-2-1-3-6-12/h5,13-14H,1-4,6-11H2,(H,17,18)(H,19,20). The lowest BCUT2D eigenvalue weighted by molar-refractivity contribution is -0.144. The summed E-state index contributed by atoms with van der Waals surface area (Å²) >= 11 is 0. The van der Waals surface area contributed by atoms with Gasteiger partial charge in [0.2, 0.25) is 5.91 Å². The lowest BCUT2D eigenvalue weighted by atomic mass is 9.81. The van der Waals surface area contributed by atoms with Crippen LogP contribution in [-0.4, -0.2) is 23.5 Å². The Balaban J connectivity index is 1.71. The second-order valence-electron chi connectivity index (χ2n) is 6.05. The van der Waals surface area contributed by atoms with E-state index in [1.807, 2.05) is 0 Å². The molecule has 2 rings (SSSR count). The van der Waals surface area contributed by atoms with Crippen LogP contribution in [0.25, 0.3) is 0 Å². The third kappa shape index (κ3) is 4.36. The molecule has 0 aromatic heterocycles. The van der Waals surface area contributed by atoms with Gasteiger partial charge in [-0.15, -0.1) is 0 Å². The number of carbonyl (C=O) groups is 2. The van der Waals surface area contributed by atoms with E-state index in [2.05, 4.69) is 11.4 Å². The number of hydrogen-bond acceptors (Lipinski definition) is 2. The van der Waals surface area contributed by atoms with E-state index in [9.17, 15) is 9.59 Å². The fourth-order valence-electron chi connectivity index (χ4n) is 3.27. The van der Waals surface area contributed by atoms with Crippen LogP contribution >= 0.6 is 0 Å². The van der Waals surface area contributed by atoms with E-state index in [0.717, 1.165) is 19.3 Å². The summed E-state index contributed by atoms with van der Waals surface area (Å²) in [6.45, 7) is 0.693. The first-order chi connectivity index (χ1) is 9.66. The molecule has 2 aliphatic carbocycles. The summed E-state index contributed by atoms with van der Waals surface area (Å²) in [6.07, 6.45) is 11.0. The van der Waals surface area contributed by atoms with Crippen LogP contribution in [0.5, 0.6) is 0 Å². The molecular formula is C16H25NO3. The van der Waals surface area contributed by atoms with Crippen molar-refractivity contribution in [3.8, 4) is 0 Å². The van der Waals surface area contributed by atoms with Crippen LogP contribution in [-0.2, 0) is 9.59 Å². The number of carboxylic acids is 1. The summed E-state index contributed by atoms with van der Waals surface area (Å²) in [4.78, 5) is 23.1. The Kier molecular flexibility index (Phi) is 5.62. The second-order valence-corrected chi connectivity index (χ2v) is 6.05. The highest BCUT2D eigenvalue weighted by Crippen LogP contribution is 2.29. The highest BCUT2D eigenvalue weighted by Gasteiger charge is 2.30. The predicted molar refractivity (Wildman–Crippen MR) is 77.3 cm³/mol. The van der Waals surface area contributed by atoms with Gasteiger partial charge < -0.3 is 10.4 Å². The Morgan fingerprint density at radius 3 is 2.70 bits per heavy atom. The van der Waals surface area contributed by atoms with Gasteiger partial charge in [0, 0.05) is 12.5 Å². The molecule has 4 heteroatoms. The topological polar surface area (TPSA) is 66.4 Å². The fourth-order valence-corrected chi connectivity index (χ4v) is 3.27. The molecule has 0 aromatic rings. The first-order valence-electron chi connectivity index (χ1n) is 7.85. The summed E-state index contributed by atoms with van der Waals surface area (Å²) in [7, 11) is 0. The molecule has 0 bridgehead atoms. The molecule has 2 aliphatic rings. The van der Waals surface area contributed by atoms with Crippen molar-refractivity contribution >= 4 is 11.9 Å². The minimum Gasteiger partial charge on any atom is -0.481 e. The van der Waals surface area contributed by atoms with Gasteiger partial charge in [0.25, 0.3) is 0 Å². The number of hydrogen-bond donors (Lipinski definition) is 2. The minimum atomic E-state index is -0.755. The quantitative estimate of drug-likeness (QED) is 0.760. The molecule has 1 saturated carbocycles. The zero-order valence-electron chi connectivity index (χ0n) is 12.1. The average Bonchev–Trinajstić information content (AvgIpc) is 2.48. The van der Waals surface area contributed by atoms with Gasteiger partial charge in [0.15, 0.2) is 0 Å². The van der Waals surface area contributed by atoms with Crippen LogP contribution in [0.3, 0.4) is 0 Å². The van der Waals surface area contributed by atoms with Crippen molar-refractivity contribution in [2.75, 3.05) is 6.54 Å². The Morgan fingerprint density at radius 2 is 2.00 bits per heavy atom. The van der Waals surface area contributed by atoms with E-state index in [1.165, 1.54) is 31.3 Å². The minimum absolute atomic E-state index is 0.0485. The largest absolute Gasteiger partial charge is 0.481 e. The number of amides is 1. The summed E-state index contributed by atoms with van der Waals surface area (Å²) in [5.41, 5.74) is 1.46. The fraction of sp³-hybridized carbons (Fsp3) is 0.750.